The molecule has 1 aliphatic carbocycles. The summed E-state index contributed by atoms with van der Waals surface area (Å²) in [6.45, 7) is 11.8. The molecule has 1 rings (SSSR count). The van der Waals surface area contributed by atoms with Crippen molar-refractivity contribution in [2.45, 2.75) is 71.9 Å². The van der Waals surface area contributed by atoms with Crippen LogP contribution in [0.25, 0.3) is 0 Å². The summed E-state index contributed by atoms with van der Waals surface area (Å²) in [5.41, 5.74) is 0.391. The Kier molecular flexibility index (Phi) is 5.94. The normalized spacial score (nSPS) is 18.7. The fraction of sp³-hybridized carbons (Fsp3) is 1.00. The monoisotopic (exact) mass is 240 g/mol. The number of rotatable bonds is 8. The van der Waals surface area contributed by atoms with Crippen LogP contribution in [0, 0.1) is 5.41 Å². The summed E-state index contributed by atoms with van der Waals surface area (Å²) in [7, 11) is 2.26. The molecule has 17 heavy (non-hydrogen) atoms. The van der Waals surface area contributed by atoms with Crippen LogP contribution < -0.4 is 5.32 Å². The van der Waals surface area contributed by atoms with Crippen LogP contribution in [0.4, 0.5) is 0 Å². The van der Waals surface area contributed by atoms with Crippen LogP contribution in [0.15, 0.2) is 0 Å². The van der Waals surface area contributed by atoms with Crippen LogP contribution in [0.1, 0.15) is 59.8 Å². The zero-order chi connectivity index (χ0) is 12.9. The van der Waals surface area contributed by atoms with Crippen molar-refractivity contribution in [3.8, 4) is 0 Å². The summed E-state index contributed by atoms with van der Waals surface area (Å²) in [6, 6.07) is 1.53. The van der Waals surface area contributed by atoms with Gasteiger partial charge in [-0.3, -0.25) is 0 Å². The standard InChI is InChI=1S/C15H32N2/c1-13(15(2,3)4)17(5)12-8-6-7-11-16-14-9-10-14/h13-14,16H,6-12H2,1-5H3. The molecule has 1 N–H and O–H groups in total. The SMILES string of the molecule is CC(N(C)CCCCCNC1CC1)C(C)(C)C. The molecule has 1 aliphatic rings. The maximum atomic E-state index is 3.58. The zero-order valence-corrected chi connectivity index (χ0v) is 12.6. The molecule has 0 heterocycles. The van der Waals surface area contributed by atoms with E-state index >= 15 is 0 Å². The van der Waals surface area contributed by atoms with Gasteiger partial charge in [-0.05, 0) is 58.2 Å². The van der Waals surface area contributed by atoms with Crippen molar-refractivity contribution in [3.63, 3.8) is 0 Å². The van der Waals surface area contributed by atoms with Gasteiger partial charge in [0.15, 0.2) is 0 Å². The van der Waals surface area contributed by atoms with E-state index in [1.807, 2.05) is 0 Å². The molecular weight excluding hydrogens is 208 g/mol. The number of hydrogen-bond donors (Lipinski definition) is 1. The molecule has 0 radical (unpaired) electrons. The van der Waals surface area contributed by atoms with Crippen LogP contribution in [-0.4, -0.2) is 37.1 Å². The van der Waals surface area contributed by atoms with E-state index in [4.69, 9.17) is 0 Å². The molecule has 0 aromatic rings. The molecule has 0 spiro atoms. The van der Waals surface area contributed by atoms with E-state index in [0.717, 1.165) is 6.04 Å². The van der Waals surface area contributed by atoms with Crippen LogP contribution in [0.2, 0.25) is 0 Å². The summed E-state index contributed by atoms with van der Waals surface area (Å²) in [5, 5.41) is 3.58. The van der Waals surface area contributed by atoms with E-state index in [-0.39, 0.29) is 0 Å². The summed E-state index contributed by atoms with van der Waals surface area (Å²) in [6.07, 6.45) is 6.86. The first-order chi connectivity index (χ1) is 7.91. The van der Waals surface area contributed by atoms with Gasteiger partial charge in [0.1, 0.15) is 0 Å². The van der Waals surface area contributed by atoms with E-state index in [9.17, 15) is 0 Å². The second kappa shape index (κ2) is 6.75. The zero-order valence-electron chi connectivity index (χ0n) is 12.6. The van der Waals surface area contributed by atoms with Gasteiger partial charge in [0, 0.05) is 12.1 Å². The lowest BCUT2D eigenvalue weighted by Gasteiger charge is -2.35. The molecule has 2 nitrogen and oxygen atoms in total. The Morgan fingerprint density at radius 3 is 2.35 bits per heavy atom. The molecule has 0 aromatic carbocycles. The average Bonchev–Trinajstić information content (AvgIpc) is 3.04. The van der Waals surface area contributed by atoms with Gasteiger partial charge in [0.2, 0.25) is 0 Å². The van der Waals surface area contributed by atoms with Gasteiger partial charge in [0.25, 0.3) is 0 Å². The number of unbranched alkanes of at least 4 members (excludes halogenated alkanes) is 2. The molecule has 1 saturated carbocycles. The van der Waals surface area contributed by atoms with Crippen LogP contribution >= 0.6 is 0 Å². The topological polar surface area (TPSA) is 15.3 Å². The smallest absolute Gasteiger partial charge is 0.0112 e. The van der Waals surface area contributed by atoms with Crippen molar-refractivity contribution in [1.29, 1.82) is 0 Å². The minimum absolute atomic E-state index is 0.391. The van der Waals surface area contributed by atoms with Crippen molar-refractivity contribution >= 4 is 0 Å². The minimum Gasteiger partial charge on any atom is -0.314 e. The minimum atomic E-state index is 0.391. The van der Waals surface area contributed by atoms with Crippen molar-refractivity contribution in [1.82, 2.24) is 10.2 Å². The maximum Gasteiger partial charge on any atom is 0.0112 e. The molecular formula is C15H32N2. The molecule has 1 atom stereocenters. The van der Waals surface area contributed by atoms with E-state index in [0.29, 0.717) is 11.5 Å². The van der Waals surface area contributed by atoms with Crippen molar-refractivity contribution < 1.29 is 0 Å². The summed E-state index contributed by atoms with van der Waals surface area (Å²) in [5.74, 6) is 0. The van der Waals surface area contributed by atoms with Gasteiger partial charge in [-0.1, -0.05) is 27.2 Å². The molecule has 1 fully saturated rings. The highest BCUT2D eigenvalue weighted by Crippen LogP contribution is 2.23. The Hall–Kier alpha value is -0.0800. The Labute approximate surface area is 108 Å². The first-order valence-corrected chi connectivity index (χ1v) is 7.35. The quantitative estimate of drug-likeness (QED) is 0.655. The first-order valence-electron chi connectivity index (χ1n) is 7.35. The molecule has 0 aliphatic heterocycles. The van der Waals surface area contributed by atoms with Crippen molar-refractivity contribution in [3.05, 3.63) is 0 Å². The average molecular weight is 240 g/mol. The number of nitrogens with one attached hydrogen (secondary N) is 1. The Balaban J connectivity index is 1.96. The Morgan fingerprint density at radius 1 is 1.18 bits per heavy atom. The lowest BCUT2D eigenvalue weighted by molar-refractivity contribution is 0.139. The number of nitrogens with zero attached hydrogens (tertiary/aromatic N) is 1. The third-order valence-corrected chi connectivity index (χ3v) is 4.11. The van der Waals surface area contributed by atoms with Gasteiger partial charge in [-0.2, -0.15) is 0 Å². The second-order valence-electron chi connectivity index (χ2n) is 6.81. The third-order valence-electron chi connectivity index (χ3n) is 4.11. The van der Waals surface area contributed by atoms with E-state index < -0.39 is 0 Å². The van der Waals surface area contributed by atoms with Crippen LogP contribution in [0.5, 0.6) is 0 Å². The van der Waals surface area contributed by atoms with Crippen LogP contribution in [-0.2, 0) is 0 Å². The highest BCUT2D eigenvalue weighted by Gasteiger charge is 2.23. The van der Waals surface area contributed by atoms with Gasteiger partial charge >= 0.3 is 0 Å². The fourth-order valence-corrected chi connectivity index (χ4v) is 2.11. The molecule has 1 unspecified atom stereocenters. The Bertz CT molecular complexity index is 203. The summed E-state index contributed by atoms with van der Waals surface area (Å²) >= 11 is 0. The third kappa shape index (κ3) is 6.42. The maximum absolute atomic E-state index is 3.58. The van der Waals surface area contributed by atoms with Gasteiger partial charge in [-0.25, -0.2) is 0 Å². The lowest BCUT2D eigenvalue weighted by atomic mass is 9.87. The largest absolute Gasteiger partial charge is 0.314 e. The van der Waals surface area contributed by atoms with Gasteiger partial charge < -0.3 is 10.2 Å². The number of hydrogen-bond acceptors (Lipinski definition) is 2. The molecule has 0 amide bonds. The van der Waals surface area contributed by atoms with E-state index in [2.05, 4.69) is 45.0 Å². The summed E-state index contributed by atoms with van der Waals surface area (Å²) in [4.78, 5) is 2.51. The molecule has 2 heteroatoms. The van der Waals surface area contributed by atoms with E-state index in [1.165, 1.54) is 45.2 Å². The first kappa shape index (κ1) is 15.0. The van der Waals surface area contributed by atoms with Crippen LogP contribution in [0.3, 0.4) is 0 Å². The predicted octanol–water partition coefficient (Wildman–Crippen LogP) is 3.28. The predicted molar refractivity (Wildman–Crippen MR) is 76.4 cm³/mol. The molecule has 0 saturated heterocycles. The highest BCUT2D eigenvalue weighted by molar-refractivity contribution is 4.80. The highest BCUT2D eigenvalue weighted by atomic mass is 15.1. The van der Waals surface area contributed by atoms with E-state index in [1.54, 1.807) is 0 Å². The van der Waals surface area contributed by atoms with Crippen molar-refractivity contribution in [2.24, 2.45) is 5.41 Å². The van der Waals surface area contributed by atoms with Gasteiger partial charge in [-0.15, -0.1) is 0 Å². The Morgan fingerprint density at radius 2 is 1.82 bits per heavy atom. The van der Waals surface area contributed by atoms with Gasteiger partial charge in [0.05, 0.1) is 0 Å². The molecule has 102 valence electrons. The molecule has 0 aromatic heterocycles. The van der Waals surface area contributed by atoms with Crippen molar-refractivity contribution in [2.75, 3.05) is 20.1 Å². The fourth-order valence-electron chi connectivity index (χ4n) is 2.11. The summed E-state index contributed by atoms with van der Waals surface area (Å²) < 4.78 is 0. The molecule has 0 bridgehead atoms. The second-order valence-corrected chi connectivity index (χ2v) is 6.81. The lowest BCUT2D eigenvalue weighted by Crippen LogP contribution is -2.39.